The normalized spacial score (nSPS) is 13.2. The SMILES string of the molecule is CNC(=O)c1ccc2c(c1)nc(-c1cnc[nH]1)n2-c1ccc2c(c1)NN(O)N2. The molecular weight excluding hydrogens is 360 g/mol. The summed E-state index contributed by atoms with van der Waals surface area (Å²) in [5.41, 5.74) is 10.7. The van der Waals surface area contributed by atoms with Crippen LogP contribution < -0.4 is 16.2 Å². The average Bonchev–Trinajstić information content (AvgIpc) is 3.42. The lowest BCUT2D eigenvalue weighted by atomic mass is 10.2. The molecule has 2 aromatic heterocycles. The van der Waals surface area contributed by atoms with Gasteiger partial charge in [0.15, 0.2) is 5.82 Å². The zero-order valence-corrected chi connectivity index (χ0v) is 14.8. The Morgan fingerprint density at radius 2 is 2.00 bits per heavy atom. The van der Waals surface area contributed by atoms with E-state index in [2.05, 4.69) is 26.1 Å². The molecule has 0 bridgehead atoms. The van der Waals surface area contributed by atoms with Crippen LogP contribution in [-0.4, -0.2) is 43.0 Å². The summed E-state index contributed by atoms with van der Waals surface area (Å²) in [5.74, 6) is 0.490. The Morgan fingerprint density at radius 3 is 2.79 bits per heavy atom. The number of nitrogens with one attached hydrogen (secondary N) is 4. The molecule has 28 heavy (non-hydrogen) atoms. The van der Waals surface area contributed by atoms with Gasteiger partial charge in [0.25, 0.3) is 5.91 Å². The van der Waals surface area contributed by atoms with E-state index in [1.807, 2.05) is 28.8 Å². The molecule has 3 heterocycles. The fraction of sp³-hybridized carbons (Fsp3) is 0.0556. The van der Waals surface area contributed by atoms with E-state index in [9.17, 15) is 10.0 Å². The van der Waals surface area contributed by atoms with Crippen molar-refractivity contribution < 1.29 is 10.0 Å². The van der Waals surface area contributed by atoms with Gasteiger partial charge in [-0.05, 0) is 41.7 Å². The Kier molecular flexibility index (Phi) is 3.54. The minimum absolute atomic E-state index is 0.171. The molecule has 0 unspecified atom stereocenters. The quantitative estimate of drug-likeness (QED) is 0.371. The van der Waals surface area contributed by atoms with Crippen LogP contribution in [0, 0.1) is 0 Å². The number of rotatable bonds is 3. The second-order valence-electron chi connectivity index (χ2n) is 6.28. The van der Waals surface area contributed by atoms with Crippen LogP contribution in [-0.2, 0) is 0 Å². The number of aromatic nitrogens is 4. The Balaban J connectivity index is 1.74. The number of H-pyrrole nitrogens is 1. The van der Waals surface area contributed by atoms with Crippen LogP contribution in [0.15, 0.2) is 48.9 Å². The summed E-state index contributed by atoms with van der Waals surface area (Å²) in [5, 5.41) is 13.0. The van der Waals surface area contributed by atoms with Crippen LogP contribution in [0.25, 0.3) is 28.2 Å². The fourth-order valence-electron chi connectivity index (χ4n) is 3.30. The highest BCUT2D eigenvalue weighted by Gasteiger charge is 2.20. The first-order valence-corrected chi connectivity index (χ1v) is 8.54. The van der Waals surface area contributed by atoms with E-state index in [1.165, 1.54) is 0 Å². The second-order valence-corrected chi connectivity index (χ2v) is 6.28. The summed E-state index contributed by atoms with van der Waals surface area (Å²) in [6.07, 6.45) is 3.28. The van der Waals surface area contributed by atoms with Crippen molar-refractivity contribution in [1.82, 2.24) is 30.1 Å². The van der Waals surface area contributed by atoms with Crippen molar-refractivity contribution in [2.75, 3.05) is 17.9 Å². The Labute approximate surface area is 158 Å². The van der Waals surface area contributed by atoms with E-state index in [4.69, 9.17) is 4.98 Å². The van der Waals surface area contributed by atoms with E-state index < -0.39 is 0 Å². The van der Waals surface area contributed by atoms with Gasteiger partial charge in [0.1, 0.15) is 5.69 Å². The first kappa shape index (κ1) is 16.3. The average molecular weight is 376 g/mol. The predicted octanol–water partition coefficient (Wildman–Crippen LogP) is 2.13. The Bertz CT molecular complexity index is 1200. The number of nitrogens with zero attached hydrogens (tertiary/aromatic N) is 4. The Hall–Kier alpha value is -3.89. The molecule has 10 nitrogen and oxygen atoms in total. The highest BCUT2D eigenvalue weighted by molar-refractivity contribution is 5.98. The number of anilines is 2. The maximum absolute atomic E-state index is 12.0. The lowest BCUT2D eigenvalue weighted by Crippen LogP contribution is -2.24. The number of fused-ring (bicyclic) bond motifs is 2. The van der Waals surface area contributed by atoms with Crippen LogP contribution in [0.5, 0.6) is 0 Å². The summed E-state index contributed by atoms with van der Waals surface area (Å²) in [6, 6.07) is 11.1. The summed E-state index contributed by atoms with van der Waals surface area (Å²) in [7, 11) is 1.59. The summed E-state index contributed by atoms with van der Waals surface area (Å²) in [6.45, 7) is 0. The molecule has 0 fully saturated rings. The number of aromatic amines is 1. The molecule has 5 N–H and O–H groups in total. The van der Waals surface area contributed by atoms with Gasteiger partial charge in [0.05, 0.1) is 40.6 Å². The number of hydrogen-bond acceptors (Lipinski definition) is 7. The zero-order valence-electron chi connectivity index (χ0n) is 14.8. The molecule has 0 spiro atoms. The number of carbonyl (C=O) groups is 1. The van der Waals surface area contributed by atoms with Crippen molar-refractivity contribution in [3.8, 4) is 17.2 Å². The molecule has 0 saturated carbocycles. The number of imidazole rings is 2. The molecule has 0 saturated heterocycles. The number of benzene rings is 2. The maximum atomic E-state index is 12.0. The first-order chi connectivity index (χ1) is 13.6. The van der Waals surface area contributed by atoms with Crippen molar-refractivity contribution in [3.63, 3.8) is 0 Å². The largest absolute Gasteiger partial charge is 0.355 e. The van der Waals surface area contributed by atoms with Crippen molar-refractivity contribution in [1.29, 1.82) is 0 Å². The van der Waals surface area contributed by atoms with Gasteiger partial charge < -0.3 is 10.3 Å². The Morgan fingerprint density at radius 1 is 1.14 bits per heavy atom. The third-order valence-electron chi connectivity index (χ3n) is 4.60. The molecule has 1 amide bonds. The van der Waals surface area contributed by atoms with Gasteiger partial charge in [-0.15, -0.1) is 0 Å². The van der Waals surface area contributed by atoms with E-state index >= 15 is 0 Å². The summed E-state index contributed by atoms with van der Waals surface area (Å²) in [4.78, 5) is 23.9. The van der Waals surface area contributed by atoms with Crippen molar-refractivity contribution >= 4 is 28.3 Å². The molecular formula is C18H16N8O2. The van der Waals surface area contributed by atoms with Gasteiger partial charge in [-0.1, -0.05) is 0 Å². The third-order valence-corrected chi connectivity index (χ3v) is 4.60. The smallest absolute Gasteiger partial charge is 0.251 e. The minimum atomic E-state index is -0.171. The van der Waals surface area contributed by atoms with Crippen molar-refractivity contribution in [2.24, 2.45) is 0 Å². The monoisotopic (exact) mass is 376 g/mol. The van der Waals surface area contributed by atoms with E-state index in [0.717, 1.165) is 33.6 Å². The topological polar surface area (TPSA) is 123 Å². The second kappa shape index (κ2) is 6.08. The van der Waals surface area contributed by atoms with Gasteiger partial charge in [-0.2, -0.15) is 0 Å². The highest BCUT2D eigenvalue weighted by Crippen LogP contribution is 2.33. The number of carbonyl (C=O) groups excluding carboxylic acids is 1. The molecule has 2 aromatic carbocycles. The summed E-state index contributed by atoms with van der Waals surface area (Å²) < 4.78 is 1.97. The highest BCUT2D eigenvalue weighted by atomic mass is 16.6. The van der Waals surface area contributed by atoms with E-state index in [0.29, 0.717) is 16.9 Å². The van der Waals surface area contributed by atoms with Gasteiger partial charge in [-0.25, -0.2) is 9.97 Å². The number of hydrazine groups is 2. The molecule has 1 aliphatic heterocycles. The molecule has 0 atom stereocenters. The molecule has 10 heteroatoms. The molecule has 0 radical (unpaired) electrons. The standard InChI is InChI=1S/C18H16N8O2/c1-19-18(27)10-2-5-16-14(6-10)22-17(15-8-20-9-21-15)25(16)11-3-4-12-13(7-11)24-26(28)23-12/h2-9,23-24,28H,1H3,(H,19,27)(H,20,21). The third kappa shape index (κ3) is 2.47. The molecule has 0 aliphatic carbocycles. The van der Waals surface area contributed by atoms with Gasteiger partial charge in [-0.3, -0.25) is 25.4 Å². The first-order valence-electron chi connectivity index (χ1n) is 8.54. The van der Waals surface area contributed by atoms with Crippen LogP contribution in [0.4, 0.5) is 11.4 Å². The van der Waals surface area contributed by atoms with Crippen LogP contribution in [0.2, 0.25) is 0 Å². The van der Waals surface area contributed by atoms with Gasteiger partial charge in [0, 0.05) is 12.6 Å². The maximum Gasteiger partial charge on any atom is 0.251 e. The predicted molar refractivity (Wildman–Crippen MR) is 103 cm³/mol. The number of amides is 1. The van der Waals surface area contributed by atoms with Crippen molar-refractivity contribution in [3.05, 3.63) is 54.5 Å². The van der Waals surface area contributed by atoms with E-state index in [1.54, 1.807) is 31.7 Å². The van der Waals surface area contributed by atoms with Gasteiger partial charge in [0.2, 0.25) is 0 Å². The van der Waals surface area contributed by atoms with Crippen LogP contribution in [0.1, 0.15) is 10.4 Å². The minimum Gasteiger partial charge on any atom is -0.355 e. The van der Waals surface area contributed by atoms with Crippen LogP contribution in [0.3, 0.4) is 0 Å². The zero-order chi connectivity index (χ0) is 19.3. The number of hydrogen-bond donors (Lipinski definition) is 5. The lowest BCUT2D eigenvalue weighted by molar-refractivity contribution is -0.0339. The van der Waals surface area contributed by atoms with Crippen LogP contribution >= 0.6 is 0 Å². The van der Waals surface area contributed by atoms with Crippen molar-refractivity contribution in [2.45, 2.75) is 0 Å². The fourth-order valence-corrected chi connectivity index (χ4v) is 3.30. The molecule has 5 rings (SSSR count). The summed E-state index contributed by atoms with van der Waals surface area (Å²) >= 11 is 0. The molecule has 4 aromatic rings. The molecule has 1 aliphatic rings. The lowest BCUT2D eigenvalue weighted by Gasteiger charge is -2.10. The molecule has 140 valence electrons. The van der Waals surface area contributed by atoms with E-state index in [-0.39, 0.29) is 5.91 Å². The van der Waals surface area contributed by atoms with Gasteiger partial charge >= 0.3 is 0 Å².